The van der Waals surface area contributed by atoms with Crippen molar-refractivity contribution in [2.24, 2.45) is 5.84 Å². The maximum atomic E-state index is 13.5. The number of aliphatic carboxylic acids is 1. The number of carboxylic acid groups (broad SMARTS) is 1. The van der Waals surface area contributed by atoms with Gasteiger partial charge < -0.3 is 5.11 Å². The molecule has 0 saturated heterocycles. The highest BCUT2D eigenvalue weighted by atomic mass is 32.1. The number of carbonyl (C=O) groups is 2. The van der Waals surface area contributed by atoms with Gasteiger partial charge in [-0.25, -0.2) is 20.0 Å². The number of hydrogen-bond donors (Lipinski definition) is 2. The second-order valence-electron chi connectivity index (χ2n) is 5.53. The Hall–Kier alpha value is -3.03. The van der Waals surface area contributed by atoms with Gasteiger partial charge in [0, 0.05) is 10.4 Å². The van der Waals surface area contributed by atoms with Crippen molar-refractivity contribution >= 4 is 28.9 Å². The summed E-state index contributed by atoms with van der Waals surface area (Å²) in [4.78, 5) is 24.3. The molecular weight excluding hydrogens is 355 g/mol. The van der Waals surface area contributed by atoms with Crippen molar-refractivity contribution in [1.29, 1.82) is 0 Å². The first-order valence-electron chi connectivity index (χ1n) is 7.67. The molecule has 3 N–H and O–H groups in total. The molecule has 5 nitrogen and oxygen atoms in total. The zero-order valence-electron chi connectivity index (χ0n) is 13.5. The first kappa shape index (κ1) is 17.8. The van der Waals surface area contributed by atoms with Crippen LogP contribution < -0.4 is 10.9 Å². The van der Waals surface area contributed by atoms with Crippen LogP contribution in [0.2, 0.25) is 0 Å². The quantitative estimate of drug-likeness (QED) is 0.403. The third-order valence-corrected chi connectivity index (χ3v) is 4.73. The Morgan fingerprint density at radius 1 is 1.08 bits per heavy atom. The zero-order chi connectivity index (χ0) is 18.7. The van der Waals surface area contributed by atoms with Crippen molar-refractivity contribution < 1.29 is 19.1 Å². The van der Waals surface area contributed by atoms with Gasteiger partial charge in [0.15, 0.2) is 0 Å². The minimum absolute atomic E-state index is 0.0303. The van der Waals surface area contributed by atoms with E-state index in [1.807, 2.05) is 23.6 Å². The van der Waals surface area contributed by atoms with Gasteiger partial charge in [0.2, 0.25) is 6.17 Å². The summed E-state index contributed by atoms with van der Waals surface area (Å²) in [5, 5.41) is 11.7. The monoisotopic (exact) mass is 370 g/mol. The van der Waals surface area contributed by atoms with Crippen LogP contribution in [0.15, 0.2) is 66.0 Å². The van der Waals surface area contributed by atoms with Crippen LogP contribution in [0.5, 0.6) is 0 Å². The number of nitrogens with two attached hydrogens (primary N) is 1. The smallest absolute Gasteiger partial charge is 0.343 e. The van der Waals surface area contributed by atoms with Gasteiger partial charge in [-0.2, -0.15) is 0 Å². The molecule has 1 amide bonds. The summed E-state index contributed by atoms with van der Waals surface area (Å²) in [5.41, 5.74) is 1.66. The number of amides is 1. The van der Waals surface area contributed by atoms with Crippen LogP contribution in [0.3, 0.4) is 0 Å². The number of hydrazine groups is 1. The molecule has 7 heteroatoms. The second kappa shape index (κ2) is 7.47. The molecule has 1 heterocycles. The van der Waals surface area contributed by atoms with Crippen molar-refractivity contribution in [2.75, 3.05) is 5.01 Å². The fourth-order valence-corrected chi connectivity index (χ4v) is 3.17. The Kier molecular flexibility index (Phi) is 5.11. The molecule has 3 aromatic rings. The molecular formula is C19H15FN2O3S. The number of halogens is 1. The summed E-state index contributed by atoms with van der Waals surface area (Å²) in [7, 11) is 0. The predicted octanol–water partition coefficient (Wildman–Crippen LogP) is 4.03. The third kappa shape index (κ3) is 3.63. The van der Waals surface area contributed by atoms with E-state index >= 15 is 0 Å². The Morgan fingerprint density at radius 2 is 1.81 bits per heavy atom. The van der Waals surface area contributed by atoms with E-state index in [4.69, 9.17) is 10.9 Å². The second-order valence-corrected chi connectivity index (χ2v) is 6.47. The maximum absolute atomic E-state index is 13.5. The zero-order valence-corrected chi connectivity index (χ0v) is 14.3. The van der Waals surface area contributed by atoms with E-state index in [0.717, 1.165) is 15.4 Å². The fourth-order valence-electron chi connectivity index (χ4n) is 2.45. The predicted molar refractivity (Wildman–Crippen MR) is 98.7 cm³/mol. The van der Waals surface area contributed by atoms with E-state index in [1.165, 1.54) is 24.3 Å². The highest BCUT2D eigenvalue weighted by molar-refractivity contribution is 7.13. The molecule has 3 rings (SSSR count). The van der Waals surface area contributed by atoms with Crippen LogP contribution in [-0.4, -0.2) is 17.0 Å². The van der Waals surface area contributed by atoms with E-state index in [1.54, 1.807) is 29.5 Å². The SMILES string of the molecule is NN(C(=O)c1ccc(C(F)C(=O)O)cc1)c1cccc(-c2cccs2)c1. The molecule has 26 heavy (non-hydrogen) atoms. The molecule has 2 aromatic carbocycles. The van der Waals surface area contributed by atoms with E-state index in [-0.39, 0.29) is 11.1 Å². The third-order valence-electron chi connectivity index (χ3n) is 3.82. The molecule has 1 atom stereocenters. The fraction of sp³-hybridized carbons (Fsp3) is 0.0526. The number of thiophene rings is 1. The summed E-state index contributed by atoms with van der Waals surface area (Å²) in [6, 6.07) is 16.4. The Morgan fingerprint density at radius 3 is 2.42 bits per heavy atom. The summed E-state index contributed by atoms with van der Waals surface area (Å²) < 4.78 is 13.5. The number of alkyl halides is 1. The summed E-state index contributed by atoms with van der Waals surface area (Å²) in [6.45, 7) is 0. The highest BCUT2D eigenvalue weighted by Gasteiger charge is 2.20. The molecule has 1 unspecified atom stereocenters. The topological polar surface area (TPSA) is 83.6 Å². The van der Waals surface area contributed by atoms with Crippen LogP contribution in [0.25, 0.3) is 10.4 Å². The minimum atomic E-state index is -2.13. The van der Waals surface area contributed by atoms with Crippen molar-refractivity contribution in [3.8, 4) is 10.4 Å². The molecule has 0 fully saturated rings. The van der Waals surface area contributed by atoms with Gasteiger partial charge >= 0.3 is 5.97 Å². The standard InChI is InChI=1S/C19H15FN2O3S/c20-17(19(24)25)12-6-8-13(9-7-12)18(23)22(21)15-4-1-3-14(11-15)16-5-2-10-26-16/h1-11,17H,21H2,(H,24,25). The molecule has 0 aliphatic heterocycles. The van der Waals surface area contributed by atoms with Gasteiger partial charge in [0.1, 0.15) is 0 Å². The molecule has 0 saturated carbocycles. The number of rotatable bonds is 5. The van der Waals surface area contributed by atoms with Crippen LogP contribution in [-0.2, 0) is 4.79 Å². The number of carboxylic acids is 1. The number of nitrogens with zero attached hydrogens (tertiary/aromatic N) is 1. The van der Waals surface area contributed by atoms with Gasteiger partial charge in [0.05, 0.1) is 5.69 Å². The van der Waals surface area contributed by atoms with Crippen LogP contribution in [0.1, 0.15) is 22.1 Å². The van der Waals surface area contributed by atoms with Gasteiger partial charge in [-0.1, -0.05) is 30.3 Å². The number of carbonyl (C=O) groups excluding carboxylic acids is 1. The van der Waals surface area contributed by atoms with E-state index in [0.29, 0.717) is 5.69 Å². The maximum Gasteiger partial charge on any atom is 0.343 e. The summed E-state index contributed by atoms with van der Waals surface area (Å²) in [6.07, 6.45) is -2.13. The van der Waals surface area contributed by atoms with Crippen molar-refractivity contribution in [1.82, 2.24) is 0 Å². The number of benzene rings is 2. The summed E-state index contributed by atoms with van der Waals surface area (Å²) >= 11 is 1.58. The molecule has 0 bridgehead atoms. The Balaban J connectivity index is 1.82. The lowest BCUT2D eigenvalue weighted by Crippen LogP contribution is -2.37. The first-order chi connectivity index (χ1) is 12.5. The highest BCUT2D eigenvalue weighted by Crippen LogP contribution is 2.28. The Bertz CT molecular complexity index is 926. The molecule has 0 aliphatic carbocycles. The number of anilines is 1. The minimum Gasteiger partial charge on any atom is -0.479 e. The lowest BCUT2D eigenvalue weighted by Gasteiger charge is -2.17. The summed E-state index contributed by atoms with van der Waals surface area (Å²) in [5.74, 6) is 3.90. The number of hydrogen-bond acceptors (Lipinski definition) is 4. The molecule has 0 radical (unpaired) electrons. The van der Waals surface area contributed by atoms with Crippen molar-refractivity contribution in [3.05, 3.63) is 77.2 Å². The lowest BCUT2D eigenvalue weighted by molar-refractivity contribution is -0.143. The van der Waals surface area contributed by atoms with Crippen molar-refractivity contribution in [3.63, 3.8) is 0 Å². The van der Waals surface area contributed by atoms with Gasteiger partial charge in [-0.15, -0.1) is 11.3 Å². The molecule has 1 aromatic heterocycles. The van der Waals surface area contributed by atoms with Gasteiger partial charge in [-0.05, 0) is 46.8 Å². The Labute approximate surface area is 153 Å². The normalized spacial score (nSPS) is 11.8. The van der Waals surface area contributed by atoms with E-state index in [2.05, 4.69) is 0 Å². The van der Waals surface area contributed by atoms with Crippen molar-refractivity contribution in [2.45, 2.75) is 6.17 Å². The van der Waals surface area contributed by atoms with E-state index in [9.17, 15) is 14.0 Å². The largest absolute Gasteiger partial charge is 0.479 e. The van der Waals surface area contributed by atoms with Gasteiger partial charge in [0.25, 0.3) is 5.91 Å². The lowest BCUT2D eigenvalue weighted by atomic mass is 10.1. The molecule has 0 aliphatic rings. The van der Waals surface area contributed by atoms with E-state index < -0.39 is 18.0 Å². The van der Waals surface area contributed by atoms with Crippen LogP contribution in [0, 0.1) is 0 Å². The average Bonchev–Trinajstić information content (AvgIpc) is 3.21. The van der Waals surface area contributed by atoms with Crippen LogP contribution >= 0.6 is 11.3 Å². The first-order valence-corrected chi connectivity index (χ1v) is 8.55. The molecule has 0 spiro atoms. The van der Waals surface area contributed by atoms with Crippen LogP contribution in [0.4, 0.5) is 10.1 Å². The molecule has 132 valence electrons. The average molecular weight is 370 g/mol. The van der Waals surface area contributed by atoms with Gasteiger partial charge in [-0.3, -0.25) is 4.79 Å².